The third kappa shape index (κ3) is 76.1. The van der Waals surface area contributed by atoms with Crippen molar-refractivity contribution >= 4 is 5.97 Å². The Labute approximate surface area is 70.6 Å². The van der Waals surface area contributed by atoms with E-state index >= 15 is 0 Å². The second-order valence-electron chi connectivity index (χ2n) is 1.14. The van der Waals surface area contributed by atoms with E-state index in [0.717, 1.165) is 6.92 Å². The van der Waals surface area contributed by atoms with Gasteiger partial charge in [-0.3, -0.25) is 9.50 Å². The van der Waals surface area contributed by atoms with Crippen molar-refractivity contribution in [2.24, 2.45) is 4.75 Å². The van der Waals surface area contributed by atoms with Crippen molar-refractivity contribution in [2.45, 2.75) is 6.92 Å². The first-order chi connectivity index (χ1) is 4.65. The summed E-state index contributed by atoms with van der Waals surface area (Å²) < 4.78 is 9.45. The molecule has 0 aliphatic carbocycles. The number of rotatable bonds is 3. The number of nitrogens with two attached hydrogens (primary N) is 1. The molecule has 0 fully saturated rings. The van der Waals surface area contributed by atoms with Crippen molar-refractivity contribution in [2.75, 3.05) is 13.2 Å². The maximum atomic E-state index is 9.00. The average molecular weight is 212 g/mol. The molecule has 0 saturated carbocycles. The number of carbonyl (C=O) groups is 1. The molecule has 0 aromatic carbocycles. The third-order valence-electron chi connectivity index (χ3n) is 0.231. The van der Waals surface area contributed by atoms with Crippen LogP contribution >= 0.6 is 0 Å². The molecule has 0 rings (SSSR count). The molecule has 0 atom stereocenters. The van der Waals surface area contributed by atoms with Crippen LogP contribution in [0.2, 0.25) is 0 Å². The molecule has 0 aromatic rings. The van der Waals surface area contributed by atoms with E-state index < -0.39 is 5.97 Å². The number of carboxylic acid groups (broad SMARTS) is 1. The SMILES string of the molecule is CC(=O)O.F.[NH2][Mn][O]CCO. The Morgan fingerprint density at radius 1 is 1.73 bits per heavy atom. The van der Waals surface area contributed by atoms with Gasteiger partial charge >= 0.3 is 42.4 Å². The summed E-state index contributed by atoms with van der Waals surface area (Å²) in [6.45, 7) is 1.50. The Balaban J connectivity index is -0.000000114. The zero-order chi connectivity index (χ0) is 8.41. The van der Waals surface area contributed by atoms with Crippen molar-refractivity contribution in [1.29, 1.82) is 0 Å². The van der Waals surface area contributed by atoms with Gasteiger partial charge in [-0.2, -0.15) is 0 Å². The zero-order valence-corrected chi connectivity index (χ0v) is 7.17. The van der Waals surface area contributed by atoms with E-state index in [1.807, 2.05) is 0 Å². The van der Waals surface area contributed by atoms with Gasteiger partial charge in [0.05, 0.1) is 0 Å². The Morgan fingerprint density at radius 2 is 2.09 bits per heavy atom. The minimum atomic E-state index is -0.833. The summed E-state index contributed by atoms with van der Waals surface area (Å²) in [7, 11) is 0. The molecule has 71 valence electrons. The first kappa shape index (κ1) is 17.0. The Hall–Kier alpha value is -0.201. The molecule has 11 heavy (non-hydrogen) atoms. The number of halogens is 1. The summed E-state index contributed by atoms with van der Waals surface area (Å²) in [5.74, 6) is -0.833. The molecule has 0 unspecified atom stereocenters. The first-order valence-electron chi connectivity index (χ1n) is 2.41. The normalized spacial score (nSPS) is 7.18. The van der Waals surface area contributed by atoms with Gasteiger partial charge in [0.1, 0.15) is 0 Å². The van der Waals surface area contributed by atoms with Gasteiger partial charge in [0.25, 0.3) is 5.97 Å². The fraction of sp³-hybridized carbons (Fsp3) is 0.750. The van der Waals surface area contributed by atoms with Gasteiger partial charge in [0.2, 0.25) is 0 Å². The van der Waals surface area contributed by atoms with Crippen LogP contribution in [0.4, 0.5) is 4.70 Å². The van der Waals surface area contributed by atoms with Crippen molar-refractivity contribution in [3.05, 3.63) is 0 Å². The van der Waals surface area contributed by atoms with Gasteiger partial charge in [0.15, 0.2) is 0 Å². The summed E-state index contributed by atoms with van der Waals surface area (Å²) >= 11 is -0.0192. The Bertz CT molecular complexity index is 76.5. The van der Waals surface area contributed by atoms with E-state index in [-0.39, 0.29) is 26.8 Å². The van der Waals surface area contributed by atoms with Gasteiger partial charge in [-0.1, -0.05) is 0 Å². The molecule has 0 amide bonds. The van der Waals surface area contributed by atoms with Gasteiger partial charge in [-0.15, -0.1) is 0 Å². The van der Waals surface area contributed by atoms with Gasteiger partial charge in [-0.25, -0.2) is 0 Å². The number of hydrogen-bond acceptors (Lipinski definition) is 4. The molecule has 0 heterocycles. The number of aliphatic carboxylic acids is 1. The molecule has 5 nitrogen and oxygen atoms in total. The molecule has 0 saturated heterocycles. The van der Waals surface area contributed by atoms with Crippen LogP contribution in [0.5, 0.6) is 0 Å². The monoisotopic (exact) mass is 212 g/mol. The molecule has 0 radical (unpaired) electrons. The number of hydrogen-bond donors (Lipinski definition) is 3. The van der Waals surface area contributed by atoms with Crippen molar-refractivity contribution in [1.82, 2.24) is 0 Å². The van der Waals surface area contributed by atoms with Crippen molar-refractivity contribution in [3.63, 3.8) is 0 Å². The van der Waals surface area contributed by atoms with Crippen LogP contribution in [0.3, 0.4) is 0 Å². The summed E-state index contributed by atoms with van der Waals surface area (Å²) in [6.07, 6.45) is 0. The molecule has 4 N–H and O–H groups in total. The van der Waals surface area contributed by atoms with Gasteiger partial charge < -0.3 is 5.11 Å². The molecule has 0 aliphatic rings. The standard InChI is InChI=1S/C2H4O2.C2H5O2.FH.Mn.H2N/c1-2(3)4;3-1-2-4;;;/h1H3,(H,3,4);3H,1-2H2;1H;;1H2/q;-1;;+2;-1. The fourth-order valence-corrected chi connectivity index (χ4v) is 0.326. The molecule has 7 heteroatoms. The molecular weight excluding hydrogens is 200 g/mol. The Kier molecular flexibility index (Phi) is 25.4. The van der Waals surface area contributed by atoms with E-state index in [2.05, 4.69) is 3.82 Å². The fourth-order valence-electron chi connectivity index (χ4n) is 0.0790. The van der Waals surface area contributed by atoms with E-state index in [1.165, 1.54) is 0 Å². The Morgan fingerprint density at radius 3 is 2.18 bits per heavy atom. The average Bonchev–Trinajstić information content (AvgIpc) is 1.82. The van der Waals surface area contributed by atoms with Gasteiger partial charge in [-0.05, 0) is 0 Å². The predicted molar refractivity (Wildman–Crippen MR) is 33.0 cm³/mol. The summed E-state index contributed by atoms with van der Waals surface area (Å²) in [5, 5.41) is 15.4. The second-order valence-corrected chi connectivity index (χ2v) is 1.76. The molecule has 0 aromatic heterocycles. The van der Waals surface area contributed by atoms with Crippen LogP contribution in [0.15, 0.2) is 0 Å². The molecular formula is C4H12FMnNO4. The molecule has 0 spiro atoms. The zero-order valence-electron chi connectivity index (χ0n) is 5.99. The predicted octanol–water partition coefficient (Wildman–Crippen LogP) is -0.890. The number of carboxylic acids is 1. The third-order valence-corrected chi connectivity index (χ3v) is 0.669. The summed E-state index contributed by atoms with van der Waals surface area (Å²) in [4.78, 5) is 9.00. The van der Waals surface area contributed by atoms with E-state index in [1.54, 1.807) is 0 Å². The van der Waals surface area contributed by atoms with Crippen LogP contribution in [0, 0.1) is 0 Å². The van der Waals surface area contributed by atoms with E-state index in [4.69, 9.17) is 19.8 Å². The summed E-state index contributed by atoms with van der Waals surface area (Å²) in [5.41, 5.74) is 0. The van der Waals surface area contributed by atoms with Crippen LogP contribution in [-0.2, 0) is 24.1 Å². The maximum absolute atomic E-state index is 9.00. The number of aliphatic hydroxyl groups excluding tert-OH is 1. The van der Waals surface area contributed by atoms with Crippen LogP contribution in [-0.4, -0.2) is 29.4 Å². The number of aliphatic hydroxyl groups is 1. The quantitative estimate of drug-likeness (QED) is 0.417. The molecule has 0 aliphatic heterocycles. The van der Waals surface area contributed by atoms with Crippen molar-refractivity contribution < 1.29 is 39.0 Å². The summed E-state index contributed by atoms with van der Waals surface area (Å²) in [6, 6.07) is 0. The van der Waals surface area contributed by atoms with Gasteiger partial charge in [0, 0.05) is 6.92 Å². The second kappa shape index (κ2) is 16.4. The molecule has 0 bridgehead atoms. The van der Waals surface area contributed by atoms with Crippen molar-refractivity contribution in [3.8, 4) is 0 Å². The van der Waals surface area contributed by atoms with Crippen LogP contribution in [0.25, 0.3) is 0 Å². The first-order valence-corrected chi connectivity index (χ1v) is 3.57. The topological polar surface area (TPSA) is 92.8 Å². The van der Waals surface area contributed by atoms with E-state index in [0.29, 0.717) is 6.61 Å². The van der Waals surface area contributed by atoms with Crippen LogP contribution in [0.1, 0.15) is 6.92 Å². The minimum absolute atomic E-state index is 0. The van der Waals surface area contributed by atoms with Crippen LogP contribution < -0.4 is 4.75 Å². The van der Waals surface area contributed by atoms with E-state index in [9.17, 15) is 0 Å².